The van der Waals surface area contributed by atoms with Crippen LogP contribution >= 0.6 is 21.6 Å². The number of carbonyl (C=O) groups is 1. The monoisotopic (exact) mass is 243 g/mol. The first-order valence-corrected chi connectivity index (χ1v) is 6.89. The molecule has 0 saturated heterocycles. The van der Waals surface area contributed by atoms with Crippen LogP contribution in [0.3, 0.4) is 0 Å². The van der Waals surface area contributed by atoms with Crippen molar-refractivity contribution < 1.29 is 9.90 Å². The lowest BCUT2D eigenvalue weighted by molar-refractivity contribution is -0.136. The number of nitrogens with zero attached hydrogens (tertiary/aromatic N) is 1. The van der Waals surface area contributed by atoms with Gasteiger partial charge in [-0.3, -0.25) is 4.79 Å². The first-order chi connectivity index (χ1) is 7.22. The minimum atomic E-state index is -0.740. The third kappa shape index (κ3) is 5.09. The molecule has 1 aromatic heterocycles. The molecule has 82 valence electrons. The summed E-state index contributed by atoms with van der Waals surface area (Å²) in [7, 11) is 3.11. The van der Waals surface area contributed by atoms with Gasteiger partial charge < -0.3 is 5.11 Å². The fraction of sp³-hybridized carbons (Fsp3) is 0.400. The maximum atomic E-state index is 10.5. The highest BCUT2D eigenvalue weighted by atomic mass is 33.1. The predicted molar refractivity (Wildman–Crippen MR) is 64.0 cm³/mol. The Labute approximate surface area is 97.1 Å². The van der Waals surface area contributed by atoms with E-state index in [1.54, 1.807) is 17.0 Å². The average Bonchev–Trinajstić information content (AvgIpc) is 2.25. The standard InChI is InChI=1S/C10H13NO2S2/c1-2-8(7-10(12)13)14-15-9-5-3-4-6-11-9/h3-6,8H,2,7H2,1H3,(H,12,13). The number of hydrogen-bond donors (Lipinski definition) is 1. The molecule has 0 radical (unpaired) electrons. The number of rotatable bonds is 6. The normalized spacial score (nSPS) is 12.3. The number of carboxylic acids is 1. The highest BCUT2D eigenvalue weighted by molar-refractivity contribution is 8.76. The Morgan fingerprint density at radius 1 is 1.60 bits per heavy atom. The van der Waals surface area contributed by atoms with E-state index >= 15 is 0 Å². The Kier molecular flexibility index (Phi) is 5.57. The van der Waals surface area contributed by atoms with Crippen LogP contribution in [0.1, 0.15) is 19.8 Å². The van der Waals surface area contributed by atoms with E-state index in [9.17, 15) is 4.79 Å². The molecule has 0 aliphatic rings. The quantitative estimate of drug-likeness (QED) is 0.778. The summed E-state index contributed by atoms with van der Waals surface area (Å²) in [6, 6.07) is 5.71. The Bertz CT molecular complexity index is 306. The van der Waals surface area contributed by atoms with Gasteiger partial charge in [0.05, 0.1) is 6.42 Å². The minimum absolute atomic E-state index is 0.148. The largest absolute Gasteiger partial charge is 0.481 e. The Morgan fingerprint density at radius 3 is 2.93 bits per heavy atom. The lowest BCUT2D eigenvalue weighted by Gasteiger charge is -2.09. The summed E-state index contributed by atoms with van der Waals surface area (Å²) in [5.74, 6) is -0.740. The Morgan fingerprint density at radius 2 is 2.40 bits per heavy atom. The zero-order chi connectivity index (χ0) is 11.1. The fourth-order valence-corrected chi connectivity index (χ4v) is 3.39. The molecule has 0 saturated carbocycles. The second kappa shape index (κ2) is 6.74. The number of pyridine rings is 1. The van der Waals surface area contributed by atoms with E-state index in [2.05, 4.69) is 4.98 Å². The highest BCUT2D eigenvalue weighted by Crippen LogP contribution is 2.35. The van der Waals surface area contributed by atoms with Crippen molar-refractivity contribution in [3.8, 4) is 0 Å². The molecule has 0 aromatic carbocycles. The molecule has 0 amide bonds. The second-order valence-corrected chi connectivity index (χ2v) is 5.50. The molecular weight excluding hydrogens is 230 g/mol. The van der Waals surface area contributed by atoms with Crippen molar-refractivity contribution in [1.29, 1.82) is 0 Å². The maximum Gasteiger partial charge on any atom is 0.304 e. The summed E-state index contributed by atoms with van der Waals surface area (Å²) in [4.78, 5) is 14.7. The van der Waals surface area contributed by atoms with E-state index in [0.717, 1.165) is 11.4 Å². The number of hydrogen-bond acceptors (Lipinski definition) is 4. The van der Waals surface area contributed by atoms with Gasteiger partial charge in [-0.05, 0) is 29.3 Å². The summed E-state index contributed by atoms with van der Waals surface area (Å²) < 4.78 is 0. The lowest BCUT2D eigenvalue weighted by Crippen LogP contribution is -2.07. The summed E-state index contributed by atoms with van der Waals surface area (Å²) in [6.07, 6.45) is 2.80. The molecular formula is C10H13NO2S2. The molecule has 1 aromatic rings. The zero-order valence-electron chi connectivity index (χ0n) is 8.42. The van der Waals surface area contributed by atoms with E-state index in [0.29, 0.717) is 0 Å². The van der Waals surface area contributed by atoms with Crippen LogP contribution < -0.4 is 0 Å². The molecule has 0 bridgehead atoms. The van der Waals surface area contributed by atoms with E-state index in [1.807, 2.05) is 25.1 Å². The lowest BCUT2D eigenvalue weighted by atomic mass is 10.2. The molecule has 1 unspecified atom stereocenters. The fourth-order valence-electron chi connectivity index (χ4n) is 0.955. The van der Waals surface area contributed by atoms with Gasteiger partial charge in [-0.15, -0.1) is 0 Å². The van der Waals surface area contributed by atoms with Gasteiger partial charge in [0.15, 0.2) is 0 Å². The molecule has 1 N–H and O–H groups in total. The van der Waals surface area contributed by atoms with Crippen molar-refractivity contribution in [2.45, 2.75) is 30.0 Å². The topological polar surface area (TPSA) is 50.2 Å². The van der Waals surface area contributed by atoms with Gasteiger partial charge in [0.25, 0.3) is 0 Å². The average molecular weight is 243 g/mol. The van der Waals surface area contributed by atoms with E-state index in [1.165, 1.54) is 10.8 Å². The molecule has 0 aliphatic heterocycles. The van der Waals surface area contributed by atoms with Crippen molar-refractivity contribution in [1.82, 2.24) is 4.98 Å². The van der Waals surface area contributed by atoms with Gasteiger partial charge in [-0.1, -0.05) is 23.8 Å². The highest BCUT2D eigenvalue weighted by Gasteiger charge is 2.12. The van der Waals surface area contributed by atoms with Crippen molar-refractivity contribution in [3.63, 3.8) is 0 Å². The van der Waals surface area contributed by atoms with Crippen molar-refractivity contribution >= 4 is 27.6 Å². The van der Waals surface area contributed by atoms with Gasteiger partial charge in [-0.2, -0.15) is 0 Å². The molecule has 1 rings (SSSR count). The SMILES string of the molecule is CCC(CC(=O)O)SSc1ccccn1. The predicted octanol–water partition coefficient (Wildman–Crippen LogP) is 3.08. The number of aliphatic carboxylic acids is 1. The van der Waals surface area contributed by atoms with Crippen LogP contribution in [-0.2, 0) is 4.79 Å². The number of carboxylic acid groups (broad SMARTS) is 1. The zero-order valence-corrected chi connectivity index (χ0v) is 10.1. The van der Waals surface area contributed by atoms with Crippen LogP contribution in [-0.4, -0.2) is 21.3 Å². The second-order valence-electron chi connectivity index (χ2n) is 2.98. The third-order valence-electron chi connectivity index (χ3n) is 1.76. The van der Waals surface area contributed by atoms with Gasteiger partial charge in [-0.25, -0.2) is 4.98 Å². The van der Waals surface area contributed by atoms with Crippen molar-refractivity contribution in [3.05, 3.63) is 24.4 Å². The molecule has 5 heteroatoms. The van der Waals surface area contributed by atoms with Crippen LogP contribution in [0.5, 0.6) is 0 Å². The van der Waals surface area contributed by atoms with Gasteiger partial charge in [0.2, 0.25) is 0 Å². The van der Waals surface area contributed by atoms with E-state index < -0.39 is 5.97 Å². The van der Waals surface area contributed by atoms with Gasteiger partial charge in [0, 0.05) is 11.4 Å². The van der Waals surface area contributed by atoms with Crippen LogP contribution in [0, 0.1) is 0 Å². The molecule has 1 atom stereocenters. The minimum Gasteiger partial charge on any atom is -0.481 e. The molecule has 0 spiro atoms. The summed E-state index contributed by atoms with van der Waals surface area (Å²) >= 11 is 0. The Balaban J connectivity index is 2.37. The summed E-state index contributed by atoms with van der Waals surface area (Å²) in [6.45, 7) is 2.00. The van der Waals surface area contributed by atoms with Crippen LogP contribution in [0.4, 0.5) is 0 Å². The van der Waals surface area contributed by atoms with Crippen molar-refractivity contribution in [2.75, 3.05) is 0 Å². The molecule has 0 aliphatic carbocycles. The van der Waals surface area contributed by atoms with Crippen molar-refractivity contribution in [2.24, 2.45) is 0 Å². The smallest absolute Gasteiger partial charge is 0.304 e. The summed E-state index contributed by atoms with van der Waals surface area (Å²) in [5, 5.41) is 9.74. The molecule has 15 heavy (non-hydrogen) atoms. The van der Waals surface area contributed by atoms with E-state index in [-0.39, 0.29) is 11.7 Å². The van der Waals surface area contributed by atoms with Gasteiger partial charge in [0.1, 0.15) is 5.03 Å². The van der Waals surface area contributed by atoms with Crippen LogP contribution in [0.25, 0.3) is 0 Å². The molecule has 3 nitrogen and oxygen atoms in total. The number of aromatic nitrogens is 1. The first kappa shape index (κ1) is 12.4. The molecule has 0 fully saturated rings. The summed E-state index contributed by atoms with van der Waals surface area (Å²) in [5.41, 5.74) is 0. The van der Waals surface area contributed by atoms with Crippen LogP contribution in [0.15, 0.2) is 29.4 Å². The maximum absolute atomic E-state index is 10.5. The van der Waals surface area contributed by atoms with E-state index in [4.69, 9.17) is 5.11 Å². The third-order valence-corrected chi connectivity index (χ3v) is 4.66. The molecule has 1 heterocycles. The van der Waals surface area contributed by atoms with Crippen LogP contribution in [0.2, 0.25) is 0 Å². The van der Waals surface area contributed by atoms with Gasteiger partial charge >= 0.3 is 5.97 Å². The Hall–Kier alpha value is -0.680. The first-order valence-electron chi connectivity index (χ1n) is 4.68.